The van der Waals surface area contributed by atoms with E-state index in [-0.39, 0.29) is 37.5 Å². The van der Waals surface area contributed by atoms with E-state index in [9.17, 15) is 14.4 Å². The molecule has 0 fully saturated rings. The summed E-state index contributed by atoms with van der Waals surface area (Å²) in [6.07, 6.45) is 90.6. The highest BCUT2D eigenvalue weighted by Gasteiger charge is 2.19. The second-order valence-electron chi connectivity index (χ2n) is 21.3. The number of ether oxygens (including phenoxy) is 3. The topological polar surface area (TPSA) is 78.9 Å². The van der Waals surface area contributed by atoms with Crippen LogP contribution in [0.1, 0.15) is 297 Å². The van der Waals surface area contributed by atoms with Gasteiger partial charge < -0.3 is 14.2 Å². The first kappa shape index (κ1) is 73.8. The summed E-state index contributed by atoms with van der Waals surface area (Å²) < 4.78 is 16.9. The maximum Gasteiger partial charge on any atom is 0.306 e. The average molecular weight is 1080 g/mol. The molecule has 0 bridgehead atoms. The van der Waals surface area contributed by atoms with Crippen molar-refractivity contribution in [3.63, 3.8) is 0 Å². The van der Waals surface area contributed by atoms with E-state index in [1.807, 2.05) is 0 Å². The molecule has 6 heteroatoms. The van der Waals surface area contributed by atoms with Crippen molar-refractivity contribution >= 4 is 17.9 Å². The number of hydrogen-bond donors (Lipinski definition) is 0. The largest absolute Gasteiger partial charge is 0.462 e. The van der Waals surface area contributed by atoms with E-state index >= 15 is 0 Å². The summed E-state index contributed by atoms with van der Waals surface area (Å²) in [6, 6.07) is 0. The Hall–Kier alpha value is -4.19. The van der Waals surface area contributed by atoms with Gasteiger partial charge in [-0.2, -0.15) is 0 Å². The lowest BCUT2D eigenvalue weighted by atomic mass is 10.1. The third kappa shape index (κ3) is 62.7. The summed E-state index contributed by atoms with van der Waals surface area (Å²) in [4.78, 5) is 38.3. The third-order valence-corrected chi connectivity index (χ3v) is 13.7. The molecule has 0 N–H and O–H groups in total. The van der Waals surface area contributed by atoms with Crippen molar-refractivity contribution in [1.82, 2.24) is 0 Å². The lowest BCUT2D eigenvalue weighted by Gasteiger charge is -2.18. The van der Waals surface area contributed by atoms with Crippen LogP contribution in [0.5, 0.6) is 0 Å². The Morgan fingerprint density at radius 3 is 0.859 bits per heavy atom. The maximum absolute atomic E-state index is 12.9. The quantitative estimate of drug-likeness (QED) is 0.0261. The highest BCUT2D eigenvalue weighted by Crippen LogP contribution is 2.15. The number of carbonyl (C=O) groups is 3. The second kappa shape index (κ2) is 65.3. The van der Waals surface area contributed by atoms with Crippen LogP contribution in [-0.4, -0.2) is 37.2 Å². The summed E-state index contributed by atoms with van der Waals surface area (Å²) >= 11 is 0. The zero-order valence-electron chi connectivity index (χ0n) is 50.9. The van der Waals surface area contributed by atoms with Crippen molar-refractivity contribution in [2.24, 2.45) is 0 Å². The summed E-state index contributed by atoms with van der Waals surface area (Å²) in [5, 5.41) is 0. The van der Waals surface area contributed by atoms with E-state index in [0.717, 1.165) is 116 Å². The van der Waals surface area contributed by atoms with E-state index in [0.29, 0.717) is 19.3 Å². The molecule has 6 nitrogen and oxygen atoms in total. The van der Waals surface area contributed by atoms with Crippen molar-refractivity contribution < 1.29 is 28.6 Å². The predicted octanol–water partition coefficient (Wildman–Crippen LogP) is 22.4. The van der Waals surface area contributed by atoms with E-state index in [4.69, 9.17) is 14.2 Å². The molecule has 0 spiro atoms. The molecule has 0 saturated heterocycles. The van der Waals surface area contributed by atoms with E-state index in [1.165, 1.54) is 135 Å². The van der Waals surface area contributed by atoms with Crippen molar-refractivity contribution in [1.29, 1.82) is 0 Å². The molecule has 0 rings (SSSR count). The molecule has 0 heterocycles. The Kier molecular flexibility index (Phi) is 61.8. The minimum Gasteiger partial charge on any atom is -0.462 e. The first-order chi connectivity index (χ1) is 38.5. The molecule has 0 amide bonds. The van der Waals surface area contributed by atoms with Gasteiger partial charge in [-0.3, -0.25) is 14.4 Å². The molecule has 0 saturated carbocycles. The van der Waals surface area contributed by atoms with Gasteiger partial charge in [0.2, 0.25) is 0 Å². The van der Waals surface area contributed by atoms with Crippen molar-refractivity contribution in [3.8, 4) is 0 Å². The summed E-state index contributed by atoms with van der Waals surface area (Å²) in [6.45, 7) is 6.47. The normalized spacial score (nSPS) is 12.9. The van der Waals surface area contributed by atoms with Crippen LogP contribution in [0.4, 0.5) is 0 Å². The monoisotopic (exact) mass is 1080 g/mol. The number of hydrogen-bond acceptors (Lipinski definition) is 6. The molecule has 0 aliphatic carbocycles. The molecular weight excluding hydrogens is 961 g/mol. The first-order valence-corrected chi connectivity index (χ1v) is 32.5. The highest BCUT2D eigenvalue weighted by molar-refractivity contribution is 5.71. The fourth-order valence-electron chi connectivity index (χ4n) is 8.81. The van der Waals surface area contributed by atoms with Crippen LogP contribution in [0.2, 0.25) is 0 Å². The van der Waals surface area contributed by atoms with Crippen LogP contribution in [0.3, 0.4) is 0 Å². The number of unbranched alkanes of at least 4 members (excludes halogenated alkanes) is 27. The van der Waals surface area contributed by atoms with Crippen molar-refractivity contribution in [2.45, 2.75) is 303 Å². The third-order valence-electron chi connectivity index (χ3n) is 13.7. The zero-order valence-corrected chi connectivity index (χ0v) is 50.9. The van der Waals surface area contributed by atoms with Gasteiger partial charge in [-0.05, 0) is 128 Å². The van der Waals surface area contributed by atoms with Gasteiger partial charge in [-0.1, -0.05) is 271 Å². The van der Waals surface area contributed by atoms with E-state index in [1.54, 1.807) is 0 Å². The van der Waals surface area contributed by atoms with Gasteiger partial charge in [-0.25, -0.2) is 0 Å². The smallest absolute Gasteiger partial charge is 0.306 e. The number of carbonyl (C=O) groups excluding carboxylic acids is 3. The molecule has 0 aromatic carbocycles. The lowest BCUT2D eigenvalue weighted by Crippen LogP contribution is -2.30. The van der Waals surface area contributed by atoms with Crippen LogP contribution >= 0.6 is 0 Å². The van der Waals surface area contributed by atoms with Gasteiger partial charge in [0.25, 0.3) is 0 Å². The molecule has 1 unspecified atom stereocenters. The number of esters is 3. The van der Waals surface area contributed by atoms with Gasteiger partial charge in [0.05, 0.1) is 0 Å². The minimum atomic E-state index is -0.813. The van der Waals surface area contributed by atoms with E-state index in [2.05, 4.69) is 142 Å². The SMILES string of the molecule is CC/C=C\C/C=C\C/C=C\C/C=C\C/C=C\C/C=C\C/C=C\CCCC(=O)OCC(COC(=O)CCCCCCC/C=C\C/C=C\CCCCCC)OC(=O)CCCCCCCCCCC/C=C\CCCCCCCCCC. The molecule has 0 aromatic heterocycles. The van der Waals surface area contributed by atoms with Gasteiger partial charge in [0, 0.05) is 19.3 Å². The van der Waals surface area contributed by atoms with Crippen LogP contribution in [-0.2, 0) is 28.6 Å². The fraction of sp³-hybridized carbons (Fsp3) is 0.681. The Bertz CT molecular complexity index is 1620. The van der Waals surface area contributed by atoms with E-state index < -0.39 is 6.10 Å². The minimum absolute atomic E-state index is 0.106. The summed E-state index contributed by atoms with van der Waals surface area (Å²) in [7, 11) is 0. The van der Waals surface area contributed by atoms with Crippen LogP contribution in [0.15, 0.2) is 122 Å². The average Bonchev–Trinajstić information content (AvgIpc) is 3.44. The zero-order chi connectivity index (χ0) is 56.4. The fourth-order valence-corrected chi connectivity index (χ4v) is 8.81. The Morgan fingerprint density at radius 2 is 0.513 bits per heavy atom. The lowest BCUT2D eigenvalue weighted by molar-refractivity contribution is -0.167. The van der Waals surface area contributed by atoms with Crippen molar-refractivity contribution in [2.75, 3.05) is 13.2 Å². The Labute approximate surface area is 482 Å². The molecule has 0 aromatic rings. The van der Waals surface area contributed by atoms with Crippen LogP contribution in [0.25, 0.3) is 0 Å². The molecule has 0 radical (unpaired) electrons. The number of allylic oxidation sites excluding steroid dienone is 20. The van der Waals surface area contributed by atoms with Gasteiger partial charge in [0.15, 0.2) is 6.10 Å². The molecule has 0 aliphatic heterocycles. The molecule has 0 aliphatic rings. The summed E-state index contributed by atoms with van der Waals surface area (Å²) in [5.41, 5.74) is 0. The Morgan fingerprint density at radius 1 is 0.269 bits per heavy atom. The molecule has 1 atom stereocenters. The predicted molar refractivity (Wildman–Crippen MR) is 339 cm³/mol. The van der Waals surface area contributed by atoms with Gasteiger partial charge >= 0.3 is 17.9 Å². The standard InChI is InChI=1S/C72H120O6/c1-4-7-10-13-16-19-22-25-28-31-33-35-36-38-39-41-44-47-50-53-56-59-62-65-71(74)77-68-69(67-76-70(73)64-61-58-55-52-49-46-43-30-27-24-21-18-15-12-9-6-3)78-72(75)66-63-60-57-54-51-48-45-42-40-37-34-32-29-26-23-20-17-14-11-8-5-2/h7,10,16,19,21,24-25,28,30,32-35,38-39,43-44,47,53,56,69H,4-6,8-9,11-15,17-18,20,22-23,26-27,29,31,36-37,40-42,45-46,48-52,54-55,57-68H2,1-3H3/b10-7-,19-16-,24-21-,28-25-,34-32-,35-33-,39-38-,43-30-,47-44-,56-53-. The maximum atomic E-state index is 12.9. The molecule has 78 heavy (non-hydrogen) atoms. The first-order valence-electron chi connectivity index (χ1n) is 32.5. The Balaban J connectivity index is 4.50. The van der Waals surface area contributed by atoms with Crippen LogP contribution in [0, 0.1) is 0 Å². The molecular formula is C72H120O6. The van der Waals surface area contributed by atoms with Gasteiger partial charge in [-0.15, -0.1) is 0 Å². The van der Waals surface area contributed by atoms with Gasteiger partial charge in [0.1, 0.15) is 13.2 Å². The molecule has 444 valence electrons. The summed E-state index contributed by atoms with van der Waals surface area (Å²) in [5.74, 6) is -0.977. The van der Waals surface area contributed by atoms with Crippen LogP contribution < -0.4 is 0 Å². The van der Waals surface area contributed by atoms with Crippen molar-refractivity contribution in [3.05, 3.63) is 122 Å². The second-order valence-corrected chi connectivity index (χ2v) is 21.3. The number of rotatable bonds is 58. The highest BCUT2D eigenvalue weighted by atomic mass is 16.6.